The third kappa shape index (κ3) is 7.37. The van der Waals surface area contributed by atoms with Crippen LogP contribution in [0.1, 0.15) is 26.2 Å². The average molecular weight is 315 g/mol. The Bertz CT molecular complexity index is 383. The van der Waals surface area contributed by atoms with E-state index in [4.69, 9.17) is 9.84 Å². The van der Waals surface area contributed by atoms with Gasteiger partial charge in [-0.3, -0.25) is 19.3 Å². The first kappa shape index (κ1) is 18.4. The summed E-state index contributed by atoms with van der Waals surface area (Å²) in [6.45, 7) is 4.36. The van der Waals surface area contributed by atoms with E-state index in [0.717, 1.165) is 12.8 Å². The fraction of sp³-hybridized carbons (Fsp3) is 0.786. The molecule has 0 spiro atoms. The van der Waals surface area contributed by atoms with Gasteiger partial charge in [-0.2, -0.15) is 0 Å². The van der Waals surface area contributed by atoms with Crippen LogP contribution in [0.5, 0.6) is 0 Å². The Hall–Kier alpha value is -1.67. The van der Waals surface area contributed by atoms with E-state index in [9.17, 15) is 14.4 Å². The second-order valence-electron chi connectivity index (χ2n) is 5.26. The second kappa shape index (κ2) is 10.1. The maximum absolute atomic E-state index is 12.0. The van der Waals surface area contributed by atoms with Crippen LogP contribution in [0.4, 0.5) is 0 Å². The molecule has 8 heteroatoms. The number of amides is 2. The maximum atomic E-state index is 12.0. The number of nitrogens with zero attached hydrogens (tertiary/aromatic N) is 1. The van der Waals surface area contributed by atoms with E-state index >= 15 is 0 Å². The number of unbranched alkanes of at least 4 members (excludes halogenated alkanes) is 1. The van der Waals surface area contributed by atoms with Crippen molar-refractivity contribution < 1.29 is 24.2 Å². The highest BCUT2D eigenvalue weighted by atomic mass is 16.5. The van der Waals surface area contributed by atoms with Crippen LogP contribution in [0.15, 0.2) is 0 Å². The first-order valence-corrected chi connectivity index (χ1v) is 7.62. The normalized spacial score (nSPS) is 16.8. The Morgan fingerprint density at radius 3 is 2.55 bits per heavy atom. The van der Waals surface area contributed by atoms with Crippen molar-refractivity contribution in [1.82, 2.24) is 15.5 Å². The monoisotopic (exact) mass is 315 g/mol. The molecule has 1 saturated heterocycles. The highest BCUT2D eigenvalue weighted by Gasteiger charge is 2.22. The molecule has 1 atom stereocenters. The summed E-state index contributed by atoms with van der Waals surface area (Å²) < 4.78 is 5.21. The van der Waals surface area contributed by atoms with E-state index in [1.807, 2.05) is 11.8 Å². The van der Waals surface area contributed by atoms with Gasteiger partial charge in [-0.05, 0) is 6.42 Å². The molecular formula is C14H25N3O5. The molecule has 126 valence electrons. The van der Waals surface area contributed by atoms with Gasteiger partial charge in [-0.15, -0.1) is 0 Å². The van der Waals surface area contributed by atoms with Crippen LogP contribution in [0.3, 0.4) is 0 Å². The topological polar surface area (TPSA) is 108 Å². The number of carbonyl (C=O) groups is 3. The fourth-order valence-corrected chi connectivity index (χ4v) is 2.17. The zero-order valence-corrected chi connectivity index (χ0v) is 13.0. The van der Waals surface area contributed by atoms with E-state index in [2.05, 4.69) is 10.6 Å². The van der Waals surface area contributed by atoms with Crippen molar-refractivity contribution in [2.45, 2.75) is 32.2 Å². The van der Waals surface area contributed by atoms with Crippen LogP contribution in [-0.4, -0.2) is 73.2 Å². The van der Waals surface area contributed by atoms with Gasteiger partial charge in [-0.1, -0.05) is 19.8 Å². The summed E-state index contributed by atoms with van der Waals surface area (Å²) >= 11 is 0. The van der Waals surface area contributed by atoms with Crippen molar-refractivity contribution in [3.05, 3.63) is 0 Å². The number of aliphatic carboxylic acids is 1. The second-order valence-corrected chi connectivity index (χ2v) is 5.26. The van der Waals surface area contributed by atoms with Gasteiger partial charge in [-0.25, -0.2) is 0 Å². The molecule has 1 aliphatic heterocycles. The lowest BCUT2D eigenvalue weighted by Gasteiger charge is -2.27. The summed E-state index contributed by atoms with van der Waals surface area (Å²) in [4.78, 5) is 36.5. The lowest BCUT2D eigenvalue weighted by molar-refractivity contribution is -0.138. The summed E-state index contributed by atoms with van der Waals surface area (Å²) in [6, 6.07) is -0.687. The number of rotatable bonds is 9. The van der Waals surface area contributed by atoms with Gasteiger partial charge in [0.1, 0.15) is 12.6 Å². The summed E-state index contributed by atoms with van der Waals surface area (Å²) in [5.74, 6) is -1.79. The van der Waals surface area contributed by atoms with Crippen molar-refractivity contribution in [2.75, 3.05) is 39.4 Å². The first-order valence-electron chi connectivity index (χ1n) is 7.62. The maximum Gasteiger partial charge on any atom is 0.322 e. The Balaban J connectivity index is 2.45. The Morgan fingerprint density at radius 1 is 1.27 bits per heavy atom. The largest absolute Gasteiger partial charge is 0.480 e. The molecule has 1 aliphatic rings. The number of morpholine rings is 1. The molecular weight excluding hydrogens is 290 g/mol. The molecule has 0 radical (unpaired) electrons. The molecule has 1 heterocycles. The Kier molecular flexibility index (Phi) is 8.46. The first-order chi connectivity index (χ1) is 10.5. The lowest BCUT2D eigenvalue weighted by Crippen LogP contribution is -2.51. The molecule has 0 bridgehead atoms. The molecule has 3 N–H and O–H groups in total. The summed E-state index contributed by atoms with van der Waals surface area (Å²) in [7, 11) is 0. The minimum atomic E-state index is -1.11. The van der Waals surface area contributed by atoms with Gasteiger partial charge in [0, 0.05) is 13.1 Å². The van der Waals surface area contributed by atoms with Gasteiger partial charge in [0.2, 0.25) is 11.8 Å². The zero-order chi connectivity index (χ0) is 16.4. The van der Waals surface area contributed by atoms with Crippen LogP contribution < -0.4 is 10.6 Å². The average Bonchev–Trinajstić information content (AvgIpc) is 2.50. The predicted octanol–water partition coefficient (Wildman–Crippen LogP) is -0.806. The van der Waals surface area contributed by atoms with E-state index in [1.165, 1.54) is 0 Å². The van der Waals surface area contributed by atoms with Crippen molar-refractivity contribution in [2.24, 2.45) is 0 Å². The minimum Gasteiger partial charge on any atom is -0.480 e. The third-order valence-corrected chi connectivity index (χ3v) is 3.38. The molecule has 0 aromatic rings. The van der Waals surface area contributed by atoms with Crippen molar-refractivity contribution >= 4 is 17.8 Å². The molecule has 0 aliphatic carbocycles. The quantitative estimate of drug-likeness (QED) is 0.514. The van der Waals surface area contributed by atoms with Gasteiger partial charge >= 0.3 is 5.97 Å². The van der Waals surface area contributed by atoms with Gasteiger partial charge in [0.05, 0.1) is 19.8 Å². The van der Waals surface area contributed by atoms with Crippen molar-refractivity contribution in [3.63, 3.8) is 0 Å². The SMILES string of the molecule is CCCC[C@H](NC(=O)CN1CCOCC1)C(=O)NCC(=O)O. The van der Waals surface area contributed by atoms with Crippen LogP contribution in [0.2, 0.25) is 0 Å². The number of carboxylic acid groups (broad SMARTS) is 1. The summed E-state index contributed by atoms with van der Waals surface area (Å²) in [5, 5.41) is 13.6. The number of nitrogens with one attached hydrogen (secondary N) is 2. The number of carbonyl (C=O) groups excluding carboxylic acids is 2. The molecule has 0 unspecified atom stereocenters. The predicted molar refractivity (Wildman–Crippen MR) is 79.4 cm³/mol. The molecule has 0 aromatic carbocycles. The molecule has 0 saturated carbocycles. The summed E-state index contributed by atoms with van der Waals surface area (Å²) in [5.41, 5.74) is 0. The third-order valence-electron chi connectivity index (χ3n) is 3.38. The van der Waals surface area contributed by atoms with E-state index in [1.54, 1.807) is 0 Å². The number of ether oxygens (including phenoxy) is 1. The molecule has 8 nitrogen and oxygen atoms in total. The lowest BCUT2D eigenvalue weighted by atomic mass is 10.1. The Morgan fingerprint density at radius 2 is 1.95 bits per heavy atom. The number of carboxylic acids is 1. The van der Waals surface area contributed by atoms with Crippen molar-refractivity contribution in [3.8, 4) is 0 Å². The fourth-order valence-electron chi connectivity index (χ4n) is 2.17. The van der Waals surface area contributed by atoms with E-state index < -0.39 is 24.5 Å². The molecule has 2 amide bonds. The van der Waals surface area contributed by atoms with Crippen LogP contribution in [-0.2, 0) is 19.1 Å². The number of hydrogen-bond donors (Lipinski definition) is 3. The molecule has 1 rings (SSSR count). The van der Waals surface area contributed by atoms with Gasteiger partial charge in [0.15, 0.2) is 0 Å². The zero-order valence-electron chi connectivity index (χ0n) is 13.0. The molecule has 0 aromatic heterocycles. The standard InChI is InChI=1S/C14H25N3O5/c1-2-3-4-11(14(21)15-9-13(19)20)16-12(18)10-17-5-7-22-8-6-17/h11H,2-10H2,1H3,(H,15,21)(H,16,18)(H,19,20)/t11-/m0/s1. The highest BCUT2D eigenvalue weighted by Crippen LogP contribution is 2.02. The van der Waals surface area contributed by atoms with Gasteiger partial charge < -0.3 is 20.5 Å². The number of hydrogen-bond acceptors (Lipinski definition) is 5. The Labute approximate surface area is 130 Å². The highest BCUT2D eigenvalue weighted by molar-refractivity contribution is 5.89. The van der Waals surface area contributed by atoms with Crippen LogP contribution in [0.25, 0.3) is 0 Å². The van der Waals surface area contributed by atoms with E-state index in [-0.39, 0.29) is 12.5 Å². The van der Waals surface area contributed by atoms with Crippen LogP contribution in [0, 0.1) is 0 Å². The molecule has 22 heavy (non-hydrogen) atoms. The van der Waals surface area contributed by atoms with Gasteiger partial charge in [0.25, 0.3) is 0 Å². The van der Waals surface area contributed by atoms with E-state index in [0.29, 0.717) is 32.7 Å². The summed E-state index contributed by atoms with van der Waals surface area (Å²) in [6.07, 6.45) is 2.17. The molecule has 1 fully saturated rings. The minimum absolute atomic E-state index is 0.220. The van der Waals surface area contributed by atoms with Crippen molar-refractivity contribution in [1.29, 1.82) is 0 Å². The van der Waals surface area contributed by atoms with Crippen LogP contribution >= 0.6 is 0 Å². The smallest absolute Gasteiger partial charge is 0.322 e.